The monoisotopic (exact) mass is 373 g/mol. The zero-order valence-electron chi connectivity index (χ0n) is 14.1. The fraction of sp³-hybridized carbons (Fsp3) is 0.688. The standard InChI is InChI=1S/C16H28BrN3O2/c1-5-6-13(17)14(18)7-8-19-9-11-20(12-10-19)15(21)22-16(2,3)4/h6-7H,5,8-12,18H2,1-4H3/b13-6+,14-7+. The van der Waals surface area contributed by atoms with Gasteiger partial charge in [0.2, 0.25) is 0 Å². The van der Waals surface area contributed by atoms with E-state index in [9.17, 15) is 4.79 Å². The van der Waals surface area contributed by atoms with Crippen LogP contribution in [-0.4, -0.2) is 54.2 Å². The molecule has 1 heterocycles. The van der Waals surface area contributed by atoms with Gasteiger partial charge in [0.25, 0.3) is 0 Å². The van der Waals surface area contributed by atoms with E-state index in [0.717, 1.165) is 36.2 Å². The minimum atomic E-state index is -0.441. The topological polar surface area (TPSA) is 58.8 Å². The van der Waals surface area contributed by atoms with Crippen LogP contribution in [0.25, 0.3) is 0 Å². The molecule has 0 bridgehead atoms. The minimum absolute atomic E-state index is 0.226. The lowest BCUT2D eigenvalue weighted by Gasteiger charge is -2.35. The van der Waals surface area contributed by atoms with E-state index < -0.39 is 5.60 Å². The summed E-state index contributed by atoms with van der Waals surface area (Å²) >= 11 is 3.46. The van der Waals surface area contributed by atoms with E-state index in [1.807, 2.05) is 32.9 Å². The van der Waals surface area contributed by atoms with E-state index in [2.05, 4.69) is 27.8 Å². The molecule has 1 fully saturated rings. The van der Waals surface area contributed by atoms with Crippen molar-refractivity contribution in [2.75, 3.05) is 32.7 Å². The van der Waals surface area contributed by atoms with Crippen molar-refractivity contribution in [3.63, 3.8) is 0 Å². The zero-order chi connectivity index (χ0) is 16.8. The SMILES string of the molecule is CC/C=C(Br)\C(N)=C/CN1CCN(C(=O)OC(C)(C)C)CC1. The van der Waals surface area contributed by atoms with Crippen LogP contribution in [0.2, 0.25) is 0 Å². The van der Waals surface area contributed by atoms with Gasteiger partial charge in [-0.25, -0.2) is 4.79 Å². The van der Waals surface area contributed by atoms with Crippen molar-refractivity contribution in [1.29, 1.82) is 0 Å². The second kappa shape index (κ2) is 8.58. The highest BCUT2D eigenvalue weighted by atomic mass is 79.9. The number of hydrogen-bond acceptors (Lipinski definition) is 4. The Hall–Kier alpha value is -1.01. The first-order valence-electron chi connectivity index (χ1n) is 7.75. The highest BCUT2D eigenvalue weighted by Gasteiger charge is 2.25. The predicted molar refractivity (Wildman–Crippen MR) is 93.8 cm³/mol. The summed E-state index contributed by atoms with van der Waals surface area (Å²) in [6.07, 6.45) is 4.78. The Balaban J connectivity index is 2.41. The van der Waals surface area contributed by atoms with Crippen LogP contribution in [0.3, 0.4) is 0 Å². The van der Waals surface area contributed by atoms with Crippen LogP contribution in [0, 0.1) is 0 Å². The van der Waals surface area contributed by atoms with Crippen molar-refractivity contribution in [3.05, 3.63) is 22.3 Å². The molecule has 1 saturated heterocycles. The molecular weight excluding hydrogens is 346 g/mol. The Labute approximate surface area is 142 Å². The molecular formula is C16H28BrN3O2. The van der Waals surface area contributed by atoms with Crippen LogP contribution in [0.1, 0.15) is 34.1 Å². The summed E-state index contributed by atoms with van der Waals surface area (Å²) in [7, 11) is 0. The van der Waals surface area contributed by atoms with Gasteiger partial charge < -0.3 is 15.4 Å². The molecule has 0 radical (unpaired) electrons. The fourth-order valence-electron chi connectivity index (χ4n) is 2.06. The maximum Gasteiger partial charge on any atom is 0.410 e. The van der Waals surface area contributed by atoms with Gasteiger partial charge in [-0.1, -0.05) is 13.0 Å². The third-order valence-electron chi connectivity index (χ3n) is 3.25. The molecule has 2 N–H and O–H groups in total. The summed E-state index contributed by atoms with van der Waals surface area (Å²) in [5.74, 6) is 0. The highest BCUT2D eigenvalue weighted by molar-refractivity contribution is 9.12. The van der Waals surface area contributed by atoms with E-state index in [-0.39, 0.29) is 6.09 Å². The first-order valence-corrected chi connectivity index (χ1v) is 8.54. The van der Waals surface area contributed by atoms with Gasteiger partial charge in [0.15, 0.2) is 0 Å². The molecule has 0 aliphatic carbocycles. The number of nitrogens with zero attached hydrogens (tertiary/aromatic N) is 2. The molecule has 6 heteroatoms. The average Bonchev–Trinajstić information content (AvgIpc) is 2.43. The number of piperazine rings is 1. The molecule has 0 aromatic rings. The molecule has 1 aliphatic heterocycles. The van der Waals surface area contributed by atoms with Gasteiger partial charge in [0.1, 0.15) is 5.60 Å². The van der Waals surface area contributed by atoms with Gasteiger partial charge in [-0.15, -0.1) is 0 Å². The average molecular weight is 374 g/mol. The number of hydrogen-bond donors (Lipinski definition) is 1. The Kier molecular flexibility index (Phi) is 7.42. The maximum absolute atomic E-state index is 12.0. The molecule has 1 amide bonds. The molecule has 1 rings (SSSR count). The van der Waals surface area contributed by atoms with E-state index in [1.165, 1.54) is 0 Å². The number of amides is 1. The van der Waals surface area contributed by atoms with Crippen molar-refractivity contribution in [3.8, 4) is 0 Å². The van der Waals surface area contributed by atoms with Gasteiger partial charge in [-0.3, -0.25) is 4.90 Å². The number of allylic oxidation sites excluding steroid dienone is 2. The lowest BCUT2D eigenvalue weighted by Crippen LogP contribution is -2.50. The second-order valence-corrected chi connectivity index (χ2v) is 7.24. The Bertz CT molecular complexity index is 433. The molecule has 0 aromatic carbocycles. The number of nitrogens with two attached hydrogens (primary N) is 1. The number of carbonyl (C=O) groups is 1. The van der Waals surface area contributed by atoms with Crippen LogP contribution in [0.15, 0.2) is 22.3 Å². The zero-order valence-corrected chi connectivity index (χ0v) is 15.6. The summed E-state index contributed by atoms with van der Waals surface area (Å²) in [4.78, 5) is 16.0. The van der Waals surface area contributed by atoms with Gasteiger partial charge >= 0.3 is 6.09 Å². The van der Waals surface area contributed by atoms with E-state index in [4.69, 9.17) is 10.5 Å². The van der Waals surface area contributed by atoms with Crippen molar-refractivity contribution in [2.45, 2.75) is 39.7 Å². The van der Waals surface area contributed by atoms with Gasteiger partial charge in [0.05, 0.1) is 0 Å². The van der Waals surface area contributed by atoms with Gasteiger partial charge in [0, 0.05) is 42.9 Å². The van der Waals surface area contributed by atoms with Crippen LogP contribution >= 0.6 is 15.9 Å². The minimum Gasteiger partial charge on any atom is -0.444 e. The highest BCUT2D eigenvalue weighted by Crippen LogP contribution is 2.14. The van der Waals surface area contributed by atoms with Crippen LogP contribution < -0.4 is 5.73 Å². The molecule has 0 atom stereocenters. The first kappa shape index (κ1) is 19.0. The molecule has 22 heavy (non-hydrogen) atoms. The van der Waals surface area contributed by atoms with Crippen LogP contribution in [0.5, 0.6) is 0 Å². The number of ether oxygens (including phenoxy) is 1. The summed E-state index contributed by atoms with van der Waals surface area (Å²) < 4.78 is 6.34. The molecule has 0 spiro atoms. The summed E-state index contributed by atoms with van der Waals surface area (Å²) in [5, 5.41) is 0. The molecule has 0 saturated carbocycles. The van der Waals surface area contributed by atoms with Crippen molar-refractivity contribution >= 4 is 22.0 Å². The lowest BCUT2D eigenvalue weighted by atomic mass is 10.2. The summed E-state index contributed by atoms with van der Waals surface area (Å²) in [6, 6.07) is 0. The third kappa shape index (κ3) is 6.83. The molecule has 5 nitrogen and oxygen atoms in total. The molecule has 0 aromatic heterocycles. The quantitative estimate of drug-likeness (QED) is 0.769. The summed E-state index contributed by atoms with van der Waals surface area (Å²) in [6.45, 7) is 11.6. The van der Waals surface area contributed by atoms with E-state index >= 15 is 0 Å². The van der Waals surface area contributed by atoms with Gasteiger partial charge in [-0.05, 0) is 49.2 Å². The second-order valence-electron chi connectivity index (χ2n) is 6.39. The van der Waals surface area contributed by atoms with E-state index in [0.29, 0.717) is 13.1 Å². The number of rotatable bonds is 4. The van der Waals surface area contributed by atoms with E-state index in [1.54, 1.807) is 4.90 Å². The third-order valence-corrected chi connectivity index (χ3v) is 4.03. The summed E-state index contributed by atoms with van der Waals surface area (Å²) in [5.41, 5.74) is 6.32. The fourth-order valence-corrected chi connectivity index (χ4v) is 2.55. The van der Waals surface area contributed by atoms with Crippen LogP contribution in [0.4, 0.5) is 4.79 Å². The Morgan fingerprint density at radius 2 is 1.82 bits per heavy atom. The van der Waals surface area contributed by atoms with Crippen molar-refractivity contribution in [2.24, 2.45) is 5.73 Å². The molecule has 126 valence electrons. The predicted octanol–water partition coefficient (Wildman–Crippen LogP) is 3.07. The normalized spacial score (nSPS) is 18.5. The molecule has 0 unspecified atom stereocenters. The van der Waals surface area contributed by atoms with Crippen LogP contribution in [-0.2, 0) is 4.74 Å². The number of carbonyl (C=O) groups excluding carboxylic acids is 1. The Morgan fingerprint density at radius 1 is 1.23 bits per heavy atom. The smallest absolute Gasteiger partial charge is 0.410 e. The van der Waals surface area contributed by atoms with Crippen molar-refractivity contribution in [1.82, 2.24) is 9.80 Å². The largest absolute Gasteiger partial charge is 0.444 e. The number of halogens is 1. The first-order chi connectivity index (χ1) is 10.2. The van der Waals surface area contributed by atoms with Gasteiger partial charge in [-0.2, -0.15) is 0 Å². The van der Waals surface area contributed by atoms with Crippen molar-refractivity contribution < 1.29 is 9.53 Å². The molecule has 1 aliphatic rings. The maximum atomic E-state index is 12.0. The lowest BCUT2D eigenvalue weighted by molar-refractivity contribution is 0.0154. The Morgan fingerprint density at radius 3 is 2.32 bits per heavy atom.